The molecule has 2 heterocycles. The predicted octanol–water partition coefficient (Wildman–Crippen LogP) is 1.69. The van der Waals surface area contributed by atoms with Gasteiger partial charge in [-0.3, -0.25) is 9.38 Å². The average Bonchev–Trinajstić information content (AvgIpc) is 2.72. The fraction of sp³-hybridized carbons (Fsp3) is 0. The number of benzene rings is 1. The van der Waals surface area contributed by atoms with E-state index in [1.807, 2.05) is 28.7 Å². The van der Waals surface area contributed by atoms with Crippen molar-refractivity contribution in [2.45, 2.75) is 0 Å². The molecule has 5 heteroatoms. The van der Waals surface area contributed by atoms with E-state index in [-0.39, 0.29) is 0 Å². The van der Waals surface area contributed by atoms with Crippen LogP contribution in [0.15, 0.2) is 41.8 Å². The van der Waals surface area contributed by atoms with Gasteiger partial charge in [-0.15, -0.1) is 0 Å². The van der Waals surface area contributed by atoms with E-state index in [1.165, 1.54) is 6.21 Å². The predicted molar refractivity (Wildman–Crippen MR) is 59.9 cm³/mol. The van der Waals surface area contributed by atoms with E-state index in [0.29, 0.717) is 5.69 Å². The third-order valence-corrected chi connectivity index (χ3v) is 2.40. The molecule has 0 aliphatic rings. The first-order valence-electron chi connectivity index (χ1n) is 4.79. The summed E-state index contributed by atoms with van der Waals surface area (Å²) in [5.41, 5.74) is 3.21. The standard InChI is InChI=1S/C11H8N4O/c16-13-5-8-7-15-10-4-2-1-3-9(10)12-6-11(15)14-8/h1-7,16H. The van der Waals surface area contributed by atoms with Gasteiger partial charge in [-0.05, 0) is 12.1 Å². The number of aromatic nitrogens is 3. The minimum atomic E-state index is 0.598. The van der Waals surface area contributed by atoms with Crippen molar-refractivity contribution < 1.29 is 5.21 Å². The van der Waals surface area contributed by atoms with Gasteiger partial charge in [0.25, 0.3) is 0 Å². The van der Waals surface area contributed by atoms with Gasteiger partial charge in [0, 0.05) is 6.20 Å². The third-order valence-electron chi connectivity index (χ3n) is 2.40. The lowest BCUT2D eigenvalue weighted by molar-refractivity contribution is 0.321. The Morgan fingerprint density at radius 2 is 2.19 bits per heavy atom. The highest BCUT2D eigenvalue weighted by Gasteiger charge is 2.03. The van der Waals surface area contributed by atoms with Crippen LogP contribution in [0.4, 0.5) is 0 Å². The molecule has 3 aromatic rings. The van der Waals surface area contributed by atoms with Crippen LogP contribution in [-0.2, 0) is 0 Å². The second-order valence-corrected chi connectivity index (χ2v) is 3.39. The van der Waals surface area contributed by atoms with Crippen molar-refractivity contribution in [2.24, 2.45) is 5.16 Å². The van der Waals surface area contributed by atoms with Crippen LogP contribution in [0, 0.1) is 0 Å². The van der Waals surface area contributed by atoms with Crippen molar-refractivity contribution in [3.8, 4) is 0 Å². The number of para-hydroxylation sites is 2. The van der Waals surface area contributed by atoms with E-state index in [0.717, 1.165) is 16.7 Å². The summed E-state index contributed by atoms with van der Waals surface area (Å²) in [7, 11) is 0. The maximum Gasteiger partial charge on any atom is 0.156 e. The van der Waals surface area contributed by atoms with Gasteiger partial charge in [0.2, 0.25) is 0 Å². The molecule has 0 radical (unpaired) electrons. The lowest BCUT2D eigenvalue weighted by Gasteiger charge is -1.98. The smallest absolute Gasteiger partial charge is 0.156 e. The molecule has 0 saturated carbocycles. The topological polar surface area (TPSA) is 62.8 Å². The van der Waals surface area contributed by atoms with Crippen molar-refractivity contribution in [1.82, 2.24) is 14.4 Å². The zero-order valence-electron chi connectivity index (χ0n) is 8.28. The maximum atomic E-state index is 8.46. The summed E-state index contributed by atoms with van der Waals surface area (Å²) in [4.78, 5) is 8.54. The molecule has 0 fully saturated rings. The number of fused-ring (bicyclic) bond motifs is 3. The Labute approximate surface area is 90.7 Å². The van der Waals surface area contributed by atoms with E-state index in [1.54, 1.807) is 12.4 Å². The van der Waals surface area contributed by atoms with Crippen LogP contribution in [0.3, 0.4) is 0 Å². The monoisotopic (exact) mass is 212 g/mol. The molecule has 0 aliphatic carbocycles. The van der Waals surface area contributed by atoms with E-state index >= 15 is 0 Å². The van der Waals surface area contributed by atoms with Gasteiger partial charge in [0.05, 0.1) is 23.4 Å². The number of hydrogen-bond acceptors (Lipinski definition) is 4. The van der Waals surface area contributed by atoms with Crippen molar-refractivity contribution in [3.63, 3.8) is 0 Å². The molecule has 0 aliphatic heterocycles. The van der Waals surface area contributed by atoms with Crippen LogP contribution < -0.4 is 0 Å². The molecule has 0 spiro atoms. The molecule has 16 heavy (non-hydrogen) atoms. The number of imidazole rings is 1. The Bertz CT molecular complexity index is 687. The van der Waals surface area contributed by atoms with Gasteiger partial charge in [-0.2, -0.15) is 0 Å². The van der Waals surface area contributed by atoms with Gasteiger partial charge in [0.15, 0.2) is 5.65 Å². The lowest BCUT2D eigenvalue weighted by Crippen LogP contribution is -1.88. The molecule has 1 N–H and O–H groups in total. The van der Waals surface area contributed by atoms with Crippen LogP contribution in [-0.4, -0.2) is 25.8 Å². The Hall–Kier alpha value is -2.43. The van der Waals surface area contributed by atoms with E-state index in [2.05, 4.69) is 15.1 Å². The van der Waals surface area contributed by atoms with E-state index < -0.39 is 0 Å². The van der Waals surface area contributed by atoms with Crippen LogP contribution in [0.5, 0.6) is 0 Å². The van der Waals surface area contributed by atoms with Gasteiger partial charge in [-0.25, -0.2) is 4.98 Å². The first kappa shape index (κ1) is 8.84. The van der Waals surface area contributed by atoms with Crippen LogP contribution in [0.2, 0.25) is 0 Å². The molecule has 0 atom stereocenters. The highest BCUT2D eigenvalue weighted by atomic mass is 16.4. The second-order valence-electron chi connectivity index (χ2n) is 3.39. The fourth-order valence-corrected chi connectivity index (χ4v) is 1.72. The summed E-state index contributed by atoms with van der Waals surface area (Å²) in [5, 5.41) is 11.4. The summed E-state index contributed by atoms with van der Waals surface area (Å²) in [5.74, 6) is 0. The minimum Gasteiger partial charge on any atom is -0.411 e. The summed E-state index contributed by atoms with van der Waals surface area (Å²) in [6.07, 6.45) is 4.79. The number of oxime groups is 1. The Kier molecular flexibility index (Phi) is 1.83. The second kappa shape index (κ2) is 3.30. The molecular formula is C11H8N4O. The molecule has 0 unspecified atom stereocenters. The molecule has 1 aromatic carbocycles. The average molecular weight is 212 g/mol. The van der Waals surface area contributed by atoms with Crippen LogP contribution in [0.1, 0.15) is 5.69 Å². The summed E-state index contributed by atoms with van der Waals surface area (Å²) in [6.45, 7) is 0. The first-order valence-corrected chi connectivity index (χ1v) is 4.79. The van der Waals surface area contributed by atoms with Gasteiger partial charge in [-0.1, -0.05) is 17.3 Å². The zero-order valence-corrected chi connectivity index (χ0v) is 8.28. The molecule has 0 amide bonds. The van der Waals surface area contributed by atoms with Crippen LogP contribution >= 0.6 is 0 Å². The third kappa shape index (κ3) is 1.22. The Balaban J connectivity index is 2.41. The largest absolute Gasteiger partial charge is 0.411 e. The normalized spacial score (nSPS) is 11.8. The highest BCUT2D eigenvalue weighted by molar-refractivity contribution is 5.81. The van der Waals surface area contributed by atoms with Gasteiger partial charge >= 0.3 is 0 Å². The quantitative estimate of drug-likeness (QED) is 0.379. The summed E-state index contributed by atoms with van der Waals surface area (Å²) >= 11 is 0. The minimum absolute atomic E-state index is 0.598. The Morgan fingerprint density at radius 3 is 3.06 bits per heavy atom. The molecule has 3 rings (SSSR count). The van der Waals surface area contributed by atoms with Crippen molar-refractivity contribution in [1.29, 1.82) is 0 Å². The molecule has 78 valence electrons. The maximum absolute atomic E-state index is 8.46. The van der Waals surface area contributed by atoms with Crippen LogP contribution in [0.25, 0.3) is 16.7 Å². The number of hydrogen-bond donors (Lipinski definition) is 1. The first-order chi connectivity index (χ1) is 7.88. The molecule has 0 saturated heterocycles. The molecule has 0 bridgehead atoms. The van der Waals surface area contributed by atoms with E-state index in [4.69, 9.17) is 5.21 Å². The molecule has 5 nitrogen and oxygen atoms in total. The summed E-state index contributed by atoms with van der Waals surface area (Å²) in [6, 6.07) is 7.79. The van der Waals surface area contributed by atoms with Crippen molar-refractivity contribution >= 4 is 22.9 Å². The SMILES string of the molecule is ON=Cc1cn2c(cnc3ccccc32)n1. The van der Waals surface area contributed by atoms with Crippen molar-refractivity contribution in [2.75, 3.05) is 0 Å². The zero-order chi connectivity index (χ0) is 11.0. The summed E-state index contributed by atoms with van der Waals surface area (Å²) < 4.78 is 1.92. The van der Waals surface area contributed by atoms with Gasteiger partial charge < -0.3 is 5.21 Å². The number of rotatable bonds is 1. The van der Waals surface area contributed by atoms with Crippen molar-refractivity contribution in [3.05, 3.63) is 42.4 Å². The van der Waals surface area contributed by atoms with E-state index in [9.17, 15) is 0 Å². The van der Waals surface area contributed by atoms with Gasteiger partial charge in [0.1, 0.15) is 5.69 Å². The molecule has 2 aromatic heterocycles. The number of nitrogens with zero attached hydrogens (tertiary/aromatic N) is 4. The molecular weight excluding hydrogens is 204 g/mol. The lowest BCUT2D eigenvalue weighted by atomic mass is 10.3. The fourth-order valence-electron chi connectivity index (χ4n) is 1.72. The Morgan fingerprint density at radius 1 is 1.31 bits per heavy atom. The highest BCUT2D eigenvalue weighted by Crippen LogP contribution is 2.13.